The molecule has 0 aliphatic carbocycles. The number of amides is 1. The van der Waals surface area contributed by atoms with Crippen molar-refractivity contribution >= 4 is 17.7 Å². The second-order valence-corrected chi connectivity index (χ2v) is 5.84. The molecule has 144 valence electrons. The number of hydrogen-bond acceptors (Lipinski definition) is 5. The summed E-state index contributed by atoms with van der Waals surface area (Å²) < 4.78 is 16.0. The van der Waals surface area contributed by atoms with Gasteiger partial charge in [0.25, 0.3) is 5.91 Å². The molecule has 0 fully saturated rings. The lowest BCUT2D eigenvalue weighted by atomic mass is 10.1. The molecular formula is C21H26N2O4. The van der Waals surface area contributed by atoms with Gasteiger partial charge in [0.1, 0.15) is 5.75 Å². The lowest BCUT2D eigenvalue weighted by molar-refractivity contribution is -0.116. The Morgan fingerprint density at radius 2 is 1.59 bits per heavy atom. The minimum Gasteiger partial charge on any atom is -0.496 e. The number of anilines is 1. The summed E-state index contributed by atoms with van der Waals surface area (Å²) in [5, 5.41) is 1.79. The average Bonchev–Trinajstić information content (AvgIpc) is 2.70. The fraction of sp³-hybridized carbons (Fsp3) is 0.286. The molecule has 6 nitrogen and oxygen atoms in total. The van der Waals surface area contributed by atoms with Gasteiger partial charge in [0, 0.05) is 24.3 Å². The van der Waals surface area contributed by atoms with Crippen LogP contribution in [0.15, 0.2) is 42.5 Å². The maximum Gasteiger partial charge on any atom is 0.262 e. The van der Waals surface area contributed by atoms with Crippen molar-refractivity contribution in [2.24, 2.45) is 0 Å². The highest BCUT2D eigenvalue weighted by Crippen LogP contribution is 2.35. The molecule has 1 N–H and O–H groups in total. The van der Waals surface area contributed by atoms with Crippen molar-refractivity contribution in [1.82, 2.24) is 5.43 Å². The SMILES string of the molecule is CCN(NC(=O)/C=C/c1cc(OC)c(OC)cc1OC)c1ccc(C)cc1. The number of hydrogen-bond donors (Lipinski definition) is 1. The van der Waals surface area contributed by atoms with Crippen molar-refractivity contribution in [3.05, 3.63) is 53.6 Å². The average molecular weight is 370 g/mol. The van der Waals surface area contributed by atoms with Gasteiger partial charge in [-0.25, -0.2) is 0 Å². The number of nitrogens with one attached hydrogen (secondary N) is 1. The lowest BCUT2D eigenvalue weighted by Crippen LogP contribution is -2.41. The summed E-state index contributed by atoms with van der Waals surface area (Å²) >= 11 is 0. The molecule has 2 rings (SSSR count). The van der Waals surface area contributed by atoms with Crippen LogP contribution in [0.5, 0.6) is 17.2 Å². The van der Waals surface area contributed by atoms with E-state index < -0.39 is 0 Å². The molecule has 0 bridgehead atoms. The van der Waals surface area contributed by atoms with Crippen LogP contribution in [0.4, 0.5) is 5.69 Å². The van der Waals surface area contributed by atoms with Crippen LogP contribution >= 0.6 is 0 Å². The number of hydrazine groups is 1. The molecule has 27 heavy (non-hydrogen) atoms. The van der Waals surface area contributed by atoms with Gasteiger partial charge in [-0.05, 0) is 38.1 Å². The van der Waals surface area contributed by atoms with E-state index in [1.165, 1.54) is 11.6 Å². The lowest BCUT2D eigenvalue weighted by Gasteiger charge is -2.23. The Morgan fingerprint density at radius 1 is 1.00 bits per heavy atom. The third-order valence-corrected chi connectivity index (χ3v) is 4.06. The normalized spacial score (nSPS) is 10.6. The molecule has 0 radical (unpaired) electrons. The standard InChI is InChI=1S/C21H26N2O4/c1-6-23(17-10-7-15(2)8-11-17)22-21(24)12-9-16-13-19(26-4)20(27-5)14-18(16)25-3/h7-14H,6H2,1-5H3,(H,22,24)/b12-9+. The van der Waals surface area contributed by atoms with Crippen LogP contribution in [0, 0.1) is 6.92 Å². The number of ether oxygens (including phenoxy) is 3. The smallest absolute Gasteiger partial charge is 0.262 e. The Bertz CT molecular complexity index is 801. The molecule has 0 spiro atoms. The molecule has 2 aromatic carbocycles. The third-order valence-electron chi connectivity index (χ3n) is 4.06. The summed E-state index contributed by atoms with van der Waals surface area (Å²) in [6.07, 6.45) is 3.14. The number of methoxy groups -OCH3 is 3. The predicted octanol–water partition coefficient (Wildman–Crippen LogP) is 3.59. The minimum atomic E-state index is -0.241. The van der Waals surface area contributed by atoms with Crippen molar-refractivity contribution in [3.8, 4) is 17.2 Å². The molecule has 0 aliphatic heterocycles. The zero-order valence-corrected chi connectivity index (χ0v) is 16.4. The van der Waals surface area contributed by atoms with Crippen LogP contribution in [0.3, 0.4) is 0 Å². The molecule has 0 aliphatic rings. The van der Waals surface area contributed by atoms with E-state index in [0.717, 1.165) is 5.69 Å². The van der Waals surface area contributed by atoms with E-state index in [1.807, 2.05) is 38.1 Å². The quantitative estimate of drug-likeness (QED) is 0.568. The zero-order chi connectivity index (χ0) is 19.8. The molecule has 2 aromatic rings. The van der Waals surface area contributed by atoms with Gasteiger partial charge < -0.3 is 14.2 Å². The second-order valence-electron chi connectivity index (χ2n) is 5.84. The molecule has 0 unspecified atom stereocenters. The highest BCUT2D eigenvalue weighted by atomic mass is 16.5. The number of carbonyl (C=O) groups is 1. The third kappa shape index (κ3) is 5.17. The Labute approximate surface area is 160 Å². The van der Waals surface area contributed by atoms with Gasteiger partial charge in [0.15, 0.2) is 11.5 Å². The van der Waals surface area contributed by atoms with E-state index in [2.05, 4.69) is 5.43 Å². The highest BCUT2D eigenvalue weighted by Gasteiger charge is 2.11. The van der Waals surface area contributed by atoms with E-state index in [1.54, 1.807) is 44.5 Å². The van der Waals surface area contributed by atoms with E-state index in [4.69, 9.17) is 14.2 Å². The number of benzene rings is 2. The molecule has 0 aromatic heterocycles. The minimum absolute atomic E-state index is 0.241. The second kappa shape index (κ2) is 9.52. The Hall–Kier alpha value is -3.15. The van der Waals surface area contributed by atoms with Crippen LogP contribution < -0.4 is 24.6 Å². The molecule has 6 heteroatoms. The zero-order valence-electron chi connectivity index (χ0n) is 16.4. The van der Waals surface area contributed by atoms with Crippen LogP contribution in [-0.2, 0) is 4.79 Å². The fourth-order valence-electron chi connectivity index (χ4n) is 2.57. The van der Waals surface area contributed by atoms with Gasteiger partial charge in [-0.15, -0.1) is 0 Å². The maximum absolute atomic E-state index is 12.4. The summed E-state index contributed by atoms with van der Waals surface area (Å²) in [6.45, 7) is 4.64. The molecule has 0 saturated heterocycles. The number of aryl methyl sites for hydroxylation is 1. The molecule has 0 atom stereocenters. The first-order chi connectivity index (χ1) is 13.0. The molecular weight excluding hydrogens is 344 g/mol. The van der Waals surface area contributed by atoms with Crippen molar-refractivity contribution < 1.29 is 19.0 Å². The number of nitrogens with zero attached hydrogens (tertiary/aromatic N) is 1. The van der Waals surface area contributed by atoms with Crippen LogP contribution in [0.1, 0.15) is 18.1 Å². The maximum atomic E-state index is 12.4. The van der Waals surface area contributed by atoms with Gasteiger partial charge in [0.05, 0.1) is 27.0 Å². The summed E-state index contributed by atoms with van der Waals surface area (Å²) in [7, 11) is 4.69. The predicted molar refractivity (Wildman–Crippen MR) is 107 cm³/mol. The molecule has 0 saturated carbocycles. The van der Waals surface area contributed by atoms with Gasteiger partial charge in [0.2, 0.25) is 0 Å². The monoisotopic (exact) mass is 370 g/mol. The Kier molecular flexibility index (Phi) is 7.11. The van der Waals surface area contributed by atoms with Crippen LogP contribution in [0.25, 0.3) is 6.08 Å². The van der Waals surface area contributed by atoms with Gasteiger partial charge in [-0.2, -0.15) is 0 Å². The first kappa shape index (κ1) is 20.2. The van der Waals surface area contributed by atoms with Crippen molar-refractivity contribution in [2.75, 3.05) is 32.9 Å². The van der Waals surface area contributed by atoms with Crippen molar-refractivity contribution in [1.29, 1.82) is 0 Å². The van der Waals surface area contributed by atoms with Gasteiger partial charge >= 0.3 is 0 Å². The van der Waals surface area contributed by atoms with Crippen molar-refractivity contribution in [2.45, 2.75) is 13.8 Å². The van der Waals surface area contributed by atoms with Crippen LogP contribution in [0.2, 0.25) is 0 Å². The van der Waals surface area contributed by atoms with E-state index in [9.17, 15) is 4.79 Å². The largest absolute Gasteiger partial charge is 0.496 e. The van der Waals surface area contributed by atoms with Crippen molar-refractivity contribution in [3.63, 3.8) is 0 Å². The highest BCUT2D eigenvalue weighted by molar-refractivity contribution is 5.93. The van der Waals surface area contributed by atoms with E-state index in [-0.39, 0.29) is 5.91 Å². The Balaban J connectivity index is 2.16. The topological polar surface area (TPSA) is 60.0 Å². The first-order valence-corrected chi connectivity index (χ1v) is 8.65. The summed E-state index contributed by atoms with van der Waals surface area (Å²) in [5.74, 6) is 1.47. The van der Waals surface area contributed by atoms with E-state index in [0.29, 0.717) is 29.4 Å². The van der Waals surface area contributed by atoms with E-state index >= 15 is 0 Å². The first-order valence-electron chi connectivity index (χ1n) is 8.65. The number of carbonyl (C=O) groups excluding carboxylic acids is 1. The fourth-order valence-corrected chi connectivity index (χ4v) is 2.57. The van der Waals surface area contributed by atoms with Crippen LogP contribution in [-0.4, -0.2) is 33.8 Å². The Morgan fingerprint density at radius 3 is 2.15 bits per heavy atom. The molecule has 0 heterocycles. The molecule has 1 amide bonds. The summed E-state index contributed by atoms with van der Waals surface area (Å²) in [4.78, 5) is 12.4. The van der Waals surface area contributed by atoms with Gasteiger partial charge in [-0.3, -0.25) is 15.2 Å². The van der Waals surface area contributed by atoms with Gasteiger partial charge in [-0.1, -0.05) is 17.7 Å². The summed E-state index contributed by atoms with van der Waals surface area (Å²) in [6, 6.07) is 11.4. The number of rotatable bonds is 8. The summed E-state index contributed by atoms with van der Waals surface area (Å²) in [5.41, 5.74) is 5.68.